The summed E-state index contributed by atoms with van der Waals surface area (Å²) in [6, 6.07) is 6.00. The first-order chi connectivity index (χ1) is 11.6. The van der Waals surface area contributed by atoms with Gasteiger partial charge in [-0.1, -0.05) is 17.3 Å². The zero-order valence-electron chi connectivity index (χ0n) is 13.4. The number of carbonyl (C=O) groups excluding carboxylic acids is 1. The maximum absolute atomic E-state index is 12.3. The van der Waals surface area contributed by atoms with Crippen LogP contribution >= 0.6 is 0 Å². The number of rotatable bonds is 3. The van der Waals surface area contributed by atoms with Gasteiger partial charge in [-0.05, 0) is 37.0 Å². The van der Waals surface area contributed by atoms with Crippen LogP contribution in [0, 0.1) is 13.8 Å². The summed E-state index contributed by atoms with van der Waals surface area (Å²) in [5.41, 5.74) is 3.82. The minimum absolute atomic E-state index is 0.0296. The highest BCUT2D eigenvalue weighted by atomic mass is 16.5. The Hall–Kier alpha value is -2.96. The minimum atomic E-state index is -0.235. The molecule has 1 amide bonds. The van der Waals surface area contributed by atoms with Crippen molar-refractivity contribution in [2.24, 2.45) is 0 Å². The molecule has 1 aliphatic rings. The first kappa shape index (κ1) is 14.6. The molecule has 1 N–H and O–H groups in total. The lowest BCUT2D eigenvalue weighted by Crippen LogP contribution is -2.27. The Labute approximate surface area is 138 Å². The lowest BCUT2D eigenvalue weighted by atomic mass is 10.0. The number of nitrogens with one attached hydrogen (secondary N) is 1. The maximum atomic E-state index is 12.3. The van der Waals surface area contributed by atoms with Crippen LogP contribution < -0.4 is 5.32 Å². The first-order valence-corrected chi connectivity index (χ1v) is 7.76. The van der Waals surface area contributed by atoms with E-state index in [0.717, 1.165) is 24.0 Å². The molecule has 1 aliphatic carbocycles. The van der Waals surface area contributed by atoms with Crippen molar-refractivity contribution in [3.63, 3.8) is 0 Å². The molecule has 0 aliphatic heterocycles. The zero-order valence-corrected chi connectivity index (χ0v) is 13.4. The third-order valence-electron chi connectivity index (χ3n) is 4.26. The Morgan fingerprint density at radius 3 is 2.92 bits per heavy atom. The standard InChI is InChI=1S/C17H16N4O3/c1-9-15(23-8-18-9)17(22)20-14-6-4-11-7-12(3-5-13(11)14)16-19-10(2)24-21-16/h3,5,7-8,14H,4,6H2,1-2H3,(H,20,22)/t14-/m1/s1. The summed E-state index contributed by atoms with van der Waals surface area (Å²) in [4.78, 5) is 20.5. The number of hydrogen-bond donors (Lipinski definition) is 1. The predicted molar refractivity (Wildman–Crippen MR) is 84.2 cm³/mol. The van der Waals surface area contributed by atoms with Crippen molar-refractivity contribution in [1.82, 2.24) is 20.4 Å². The predicted octanol–water partition coefficient (Wildman–Crippen LogP) is 2.76. The number of fused-ring (bicyclic) bond motifs is 1. The fourth-order valence-corrected chi connectivity index (χ4v) is 3.07. The third kappa shape index (κ3) is 2.47. The van der Waals surface area contributed by atoms with Gasteiger partial charge in [0.15, 0.2) is 6.39 Å². The molecule has 1 aromatic carbocycles. The summed E-state index contributed by atoms with van der Waals surface area (Å²) in [6.45, 7) is 3.51. The number of aryl methyl sites for hydroxylation is 3. The largest absolute Gasteiger partial charge is 0.438 e. The summed E-state index contributed by atoms with van der Waals surface area (Å²) in [5, 5.41) is 6.97. The topological polar surface area (TPSA) is 94.1 Å². The second kappa shape index (κ2) is 5.59. The number of benzene rings is 1. The van der Waals surface area contributed by atoms with Crippen LogP contribution in [0.1, 0.15) is 45.7 Å². The van der Waals surface area contributed by atoms with Gasteiger partial charge in [0.25, 0.3) is 5.91 Å². The van der Waals surface area contributed by atoms with Crippen molar-refractivity contribution in [2.75, 3.05) is 0 Å². The molecule has 0 unspecified atom stereocenters. The van der Waals surface area contributed by atoms with Crippen LogP contribution in [-0.4, -0.2) is 21.0 Å². The Balaban J connectivity index is 1.56. The highest BCUT2D eigenvalue weighted by molar-refractivity contribution is 5.92. The molecule has 3 aromatic rings. The van der Waals surface area contributed by atoms with E-state index >= 15 is 0 Å². The highest BCUT2D eigenvalue weighted by Crippen LogP contribution is 2.34. The number of aromatic nitrogens is 3. The fourth-order valence-electron chi connectivity index (χ4n) is 3.07. The van der Waals surface area contributed by atoms with Gasteiger partial charge in [-0.15, -0.1) is 0 Å². The molecule has 2 aromatic heterocycles. The van der Waals surface area contributed by atoms with Crippen LogP contribution in [0.15, 0.2) is 33.5 Å². The fraction of sp³-hybridized carbons (Fsp3) is 0.294. The molecular formula is C17H16N4O3. The average molecular weight is 324 g/mol. The molecule has 1 atom stereocenters. The van der Waals surface area contributed by atoms with Crippen molar-refractivity contribution in [3.8, 4) is 11.4 Å². The van der Waals surface area contributed by atoms with Crippen molar-refractivity contribution < 1.29 is 13.7 Å². The average Bonchev–Trinajstić information content (AvgIpc) is 3.27. The highest BCUT2D eigenvalue weighted by Gasteiger charge is 2.26. The lowest BCUT2D eigenvalue weighted by molar-refractivity contribution is 0.0908. The van der Waals surface area contributed by atoms with Gasteiger partial charge in [-0.25, -0.2) is 4.98 Å². The summed E-state index contributed by atoms with van der Waals surface area (Å²) in [7, 11) is 0. The molecule has 122 valence electrons. The van der Waals surface area contributed by atoms with Crippen LogP contribution in [0.4, 0.5) is 0 Å². The Kier molecular flexibility index (Phi) is 3.41. The molecule has 4 rings (SSSR count). The van der Waals surface area contributed by atoms with Crippen LogP contribution in [-0.2, 0) is 6.42 Å². The maximum Gasteiger partial charge on any atom is 0.289 e. The SMILES string of the molecule is Cc1nc(-c2ccc3c(c2)CC[C@H]3NC(=O)c2ocnc2C)no1. The van der Waals surface area contributed by atoms with Gasteiger partial charge in [0.1, 0.15) is 0 Å². The van der Waals surface area contributed by atoms with Crippen molar-refractivity contribution in [3.05, 3.63) is 53.1 Å². The van der Waals surface area contributed by atoms with Crippen molar-refractivity contribution in [1.29, 1.82) is 0 Å². The number of hydrogen-bond acceptors (Lipinski definition) is 6. The summed E-state index contributed by atoms with van der Waals surface area (Å²) in [5.74, 6) is 1.15. The number of carbonyl (C=O) groups is 1. The molecule has 0 bridgehead atoms. The Bertz CT molecular complexity index is 912. The summed E-state index contributed by atoms with van der Waals surface area (Å²) in [6.07, 6.45) is 3.02. The van der Waals surface area contributed by atoms with E-state index in [9.17, 15) is 4.79 Å². The number of nitrogens with zero attached hydrogens (tertiary/aromatic N) is 3. The lowest BCUT2D eigenvalue weighted by Gasteiger charge is -2.13. The second-order valence-corrected chi connectivity index (χ2v) is 5.88. The Morgan fingerprint density at radius 1 is 1.33 bits per heavy atom. The van der Waals surface area contributed by atoms with Gasteiger partial charge in [0.05, 0.1) is 11.7 Å². The molecule has 0 saturated carbocycles. The van der Waals surface area contributed by atoms with Gasteiger partial charge in [0, 0.05) is 12.5 Å². The summed E-state index contributed by atoms with van der Waals surface area (Å²) < 4.78 is 10.2. The molecule has 0 fully saturated rings. The smallest absolute Gasteiger partial charge is 0.289 e. The van der Waals surface area contributed by atoms with Crippen molar-refractivity contribution >= 4 is 5.91 Å². The van der Waals surface area contributed by atoms with E-state index < -0.39 is 0 Å². The van der Waals surface area contributed by atoms with E-state index in [0.29, 0.717) is 17.4 Å². The van der Waals surface area contributed by atoms with Gasteiger partial charge >= 0.3 is 0 Å². The van der Waals surface area contributed by atoms with Crippen LogP contribution in [0.25, 0.3) is 11.4 Å². The molecular weight excluding hydrogens is 308 g/mol. The normalized spacial score (nSPS) is 16.2. The molecule has 0 spiro atoms. The van der Waals surface area contributed by atoms with Crippen molar-refractivity contribution in [2.45, 2.75) is 32.7 Å². The second-order valence-electron chi connectivity index (χ2n) is 5.88. The van der Waals surface area contributed by atoms with E-state index in [2.05, 4.69) is 26.5 Å². The van der Waals surface area contributed by atoms with Gasteiger partial charge < -0.3 is 14.3 Å². The molecule has 2 heterocycles. The van der Waals surface area contributed by atoms with E-state index in [1.54, 1.807) is 13.8 Å². The van der Waals surface area contributed by atoms with E-state index in [1.165, 1.54) is 12.0 Å². The van der Waals surface area contributed by atoms with Crippen LogP contribution in [0.2, 0.25) is 0 Å². The number of amides is 1. The van der Waals surface area contributed by atoms with E-state index in [4.69, 9.17) is 8.94 Å². The Morgan fingerprint density at radius 2 is 2.21 bits per heavy atom. The number of oxazole rings is 1. The third-order valence-corrected chi connectivity index (χ3v) is 4.26. The van der Waals surface area contributed by atoms with Crippen LogP contribution in [0.3, 0.4) is 0 Å². The molecule has 0 radical (unpaired) electrons. The minimum Gasteiger partial charge on any atom is -0.438 e. The van der Waals surface area contributed by atoms with Crippen LogP contribution in [0.5, 0.6) is 0 Å². The quantitative estimate of drug-likeness (QED) is 0.796. The molecule has 7 heteroatoms. The van der Waals surface area contributed by atoms with Gasteiger partial charge in [0.2, 0.25) is 17.5 Å². The molecule has 0 saturated heterocycles. The molecule has 7 nitrogen and oxygen atoms in total. The summed E-state index contributed by atoms with van der Waals surface area (Å²) >= 11 is 0. The monoisotopic (exact) mass is 324 g/mol. The van der Waals surface area contributed by atoms with Gasteiger partial charge in [-0.3, -0.25) is 4.79 Å². The zero-order chi connectivity index (χ0) is 16.7. The van der Waals surface area contributed by atoms with E-state index in [-0.39, 0.29) is 17.7 Å². The molecule has 24 heavy (non-hydrogen) atoms. The van der Waals surface area contributed by atoms with E-state index in [1.807, 2.05) is 12.1 Å². The first-order valence-electron chi connectivity index (χ1n) is 7.76. The van der Waals surface area contributed by atoms with Gasteiger partial charge in [-0.2, -0.15) is 4.98 Å².